The van der Waals surface area contributed by atoms with Crippen molar-refractivity contribution in [2.24, 2.45) is 4.99 Å². The minimum Gasteiger partial charge on any atom is -0.351 e. The summed E-state index contributed by atoms with van der Waals surface area (Å²) in [4.78, 5) is 17.4. The quantitative estimate of drug-likeness (QED) is 0.767. The number of amidine groups is 1. The molecule has 1 saturated heterocycles. The normalized spacial score (nSPS) is 22.6. The second-order valence-corrected chi connectivity index (χ2v) is 6.27. The minimum absolute atomic E-state index is 0.405. The van der Waals surface area contributed by atoms with Gasteiger partial charge in [0, 0.05) is 43.8 Å². The van der Waals surface area contributed by atoms with Crippen LogP contribution in [-0.4, -0.2) is 58.0 Å². The molecule has 0 amide bonds. The average Bonchev–Trinajstić information content (AvgIpc) is 2.94. The number of nitriles is 1. The summed E-state index contributed by atoms with van der Waals surface area (Å²) >= 11 is 1.85. The van der Waals surface area contributed by atoms with Crippen LogP contribution in [0.15, 0.2) is 17.4 Å². The highest BCUT2D eigenvalue weighted by atomic mass is 32.2. The summed E-state index contributed by atoms with van der Waals surface area (Å²) < 4.78 is 0. The number of aliphatic imine (C=N–C) groups is 1. The van der Waals surface area contributed by atoms with E-state index in [-0.39, 0.29) is 0 Å². The van der Waals surface area contributed by atoms with E-state index in [0.29, 0.717) is 16.8 Å². The number of hydrogen-bond acceptors (Lipinski definition) is 7. The molecular weight excluding hydrogens is 272 g/mol. The predicted molar refractivity (Wildman–Crippen MR) is 79.9 cm³/mol. The van der Waals surface area contributed by atoms with Crippen LogP contribution in [0.3, 0.4) is 0 Å². The van der Waals surface area contributed by atoms with Gasteiger partial charge in [-0.3, -0.25) is 4.99 Å². The Morgan fingerprint density at radius 3 is 2.55 bits per heavy atom. The predicted octanol–water partition coefficient (Wildman–Crippen LogP) is 0.962. The van der Waals surface area contributed by atoms with Gasteiger partial charge in [-0.25, -0.2) is 9.97 Å². The van der Waals surface area contributed by atoms with Crippen molar-refractivity contribution in [3.63, 3.8) is 0 Å². The molecule has 20 heavy (non-hydrogen) atoms. The van der Waals surface area contributed by atoms with Gasteiger partial charge >= 0.3 is 0 Å². The van der Waals surface area contributed by atoms with Gasteiger partial charge in [0.25, 0.3) is 0 Å². The van der Waals surface area contributed by atoms with Gasteiger partial charge < -0.3 is 9.80 Å². The molecular formula is C13H16N6S. The fourth-order valence-corrected chi connectivity index (χ4v) is 3.38. The molecule has 1 fully saturated rings. The topological polar surface area (TPSA) is 68.4 Å². The van der Waals surface area contributed by atoms with Crippen molar-refractivity contribution in [3.05, 3.63) is 18.1 Å². The summed E-state index contributed by atoms with van der Waals surface area (Å²) in [6.45, 7) is 6.65. The number of rotatable bonds is 1. The van der Waals surface area contributed by atoms with Crippen LogP contribution in [0, 0.1) is 11.3 Å². The maximum absolute atomic E-state index is 9.09. The second kappa shape index (κ2) is 5.67. The monoisotopic (exact) mass is 288 g/mol. The summed E-state index contributed by atoms with van der Waals surface area (Å²) in [5, 5.41) is 10.8. The summed E-state index contributed by atoms with van der Waals surface area (Å²) in [5.41, 5.74) is 0.405. The molecule has 104 valence electrons. The van der Waals surface area contributed by atoms with Gasteiger partial charge in [0.05, 0.1) is 6.54 Å². The summed E-state index contributed by atoms with van der Waals surface area (Å²) in [6.07, 6.45) is 3.20. The Kier molecular flexibility index (Phi) is 3.74. The van der Waals surface area contributed by atoms with Crippen molar-refractivity contribution in [2.45, 2.75) is 12.2 Å². The number of anilines is 1. The largest absolute Gasteiger partial charge is 0.351 e. The number of hydrogen-bond donors (Lipinski definition) is 0. The molecule has 3 heterocycles. The summed E-state index contributed by atoms with van der Waals surface area (Å²) in [6, 6.07) is 2.11. The van der Waals surface area contributed by atoms with Crippen LogP contribution < -0.4 is 4.90 Å². The lowest BCUT2D eigenvalue weighted by atomic mass is 10.3. The first-order valence-electron chi connectivity index (χ1n) is 6.70. The van der Waals surface area contributed by atoms with Crippen LogP contribution in [-0.2, 0) is 0 Å². The highest BCUT2D eigenvalue weighted by molar-refractivity contribution is 8.14. The van der Waals surface area contributed by atoms with Crippen LogP contribution in [0.1, 0.15) is 12.6 Å². The fraction of sp³-hybridized carbons (Fsp3) is 0.538. The molecule has 0 radical (unpaired) electrons. The lowest BCUT2D eigenvalue weighted by molar-refractivity contribution is 0.390. The van der Waals surface area contributed by atoms with E-state index < -0.39 is 0 Å². The van der Waals surface area contributed by atoms with Gasteiger partial charge in [-0.2, -0.15) is 5.26 Å². The molecule has 0 unspecified atom stereocenters. The fourth-order valence-electron chi connectivity index (χ4n) is 2.39. The Hall–Kier alpha value is -1.81. The van der Waals surface area contributed by atoms with E-state index in [2.05, 4.69) is 37.8 Å². The maximum Gasteiger partial charge on any atom is 0.183 e. The van der Waals surface area contributed by atoms with E-state index in [1.165, 1.54) is 0 Å². The molecule has 1 aromatic heterocycles. The van der Waals surface area contributed by atoms with Gasteiger partial charge in [-0.05, 0) is 0 Å². The highest BCUT2D eigenvalue weighted by Gasteiger charge is 2.26. The van der Waals surface area contributed by atoms with E-state index in [9.17, 15) is 0 Å². The van der Waals surface area contributed by atoms with Crippen molar-refractivity contribution in [3.8, 4) is 6.07 Å². The van der Waals surface area contributed by atoms with Crippen LogP contribution in [0.5, 0.6) is 0 Å². The van der Waals surface area contributed by atoms with Crippen LogP contribution >= 0.6 is 11.8 Å². The van der Waals surface area contributed by atoms with E-state index in [0.717, 1.165) is 37.9 Å². The molecule has 2 aliphatic heterocycles. The molecule has 7 heteroatoms. The van der Waals surface area contributed by atoms with E-state index in [1.807, 2.05) is 11.8 Å². The molecule has 1 aromatic rings. The molecule has 0 aromatic carbocycles. The van der Waals surface area contributed by atoms with Crippen molar-refractivity contribution >= 4 is 22.7 Å². The lowest BCUT2D eigenvalue weighted by Crippen LogP contribution is -2.48. The van der Waals surface area contributed by atoms with Crippen molar-refractivity contribution < 1.29 is 0 Å². The van der Waals surface area contributed by atoms with E-state index in [1.54, 1.807) is 12.4 Å². The first-order valence-corrected chi connectivity index (χ1v) is 7.58. The van der Waals surface area contributed by atoms with Gasteiger partial charge in [0.2, 0.25) is 0 Å². The van der Waals surface area contributed by atoms with Crippen molar-refractivity contribution in [1.29, 1.82) is 5.26 Å². The third kappa shape index (κ3) is 2.56. The average molecular weight is 288 g/mol. The molecule has 6 nitrogen and oxygen atoms in total. The van der Waals surface area contributed by atoms with Crippen LogP contribution in [0.25, 0.3) is 0 Å². The zero-order chi connectivity index (χ0) is 13.9. The maximum atomic E-state index is 9.09. The summed E-state index contributed by atoms with van der Waals surface area (Å²) in [7, 11) is 0. The molecule has 0 bridgehead atoms. The third-order valence-corrected chi connectivity index (χ3v) is 4.57. The molecule has 0 aliphatic carbocycles. The van der Waals surface area contributed by atoms with Gasteiger partial charge in [0.15, 0.2) is 16.7 Å². The minimum atomic E-state index is 0.405. The van der Waals surface area contributed by atoms with E-state index >= 15 is 0 Å². The van der Waals surface area contributed by atoms with Gasteiger partial charge in [-0.1, -0.05) is 18.7 Å². The SMILES string of the molecule is C[C@@H]1CN=C(N2CCN(c3nccnc3C#N)CC2)S1. The van der Waals surface area contributed by atoms with Gasteiger partial charge in [0.1, 0.15) is 6.07 Å². The Bertz CT molecular complexity index is 558. The Balaban J connectivity index is 1.66. The van der Waals surface area contributed by atoms with Gasteiger partial charge in [-0.15, -0.1) is 0 Å². The highest BCUT2D eigenvalue weighted by Crippen LogP contribution is 2.24. The first kappa shape index (κ1) is 13.2. The van der Waals surface area contributed by atoms with Crippen molar-refractivity contribution in [2.75, 3.05) is 37.6 Å². The molecule has 0 N–H and O–H groups in total. The van der Waals surface area contributed by atoms with Crippen LogP contribution in [0.2, 0.25) is 0 Å². The smallest absolute Gasteiger partial charge is 0.183 e. The number of aromatic nitrogens is 2. The van der Waals surface area contributed by atoms with Crippen LogP contribution in [0.4, 0.5) is 5.82 Å². The zero-order valence-corrected chi connectivity index (χ0v) is 12.2. The molecule has 0 saturated carbocycles. The Morgan fingerprint density at radius 2 is 1.90 bits per heavy atom. The zero-order valence-electron chi connectivity index (χ0n) is 11.4. The van der Waals surface area contributed by atoms with Crippen molar-refractivity contribution in [1.82, 2.24) is 14.9 Å². The van der Waals surface area contributed by atoms with E-state index in [4.69, 9.17) is 5.26 Å². The number of nitrogens with zero attached hydrogens (tertiary/aromatic N) is 6. The Labute approximate surface area is 122 Å². The molecule has 3 rings (SSSR count). The Morgan fingerprint density at radius 1 is 1.20 bits per heavy atom. The lowest BCUT2D eigenvalue weighted by Gasteiger charge is -2.36. The molecule has 2 aliphatic rings. The molecule has 0 spiro atoms. The molecule has 1 atom stereocenters. The summed E-state index contributed by atoms with van der Waals surface area (Å²) in [5.74, 6) is 0.698. The number of piperazine rings is 1. The number of thioether (sulfide) groups is 1. The standard InChI is InChI=1S/C13H16N6S/c1-10-9-17-13(20-10)19-6-4-18(5-7-19)12-11(8-14)15-2-3-16-12/h2-3,10H,4-7,9H2,1H3/t10-/m1/s1. The third-order valence-electron chi connectivity index (χ3n) is 3.42. The second-order valence-electron chi connectivity index (χ2n) is 4.87. The first-order chi connectivity index (χ1) is 9.78.